The van der Waals surface area contributed by atoms with Crippen LogP contribution in [0.15, 0.2) is 33.9 Å². The molecule has 0 aliphatic rings. The van der Waals surface area contributed by atoms with Crippen LogP contribution < -0.4 is 5.73 Å². The zero-order chi connectivity index (χ0) is 13.5. The number of thioether (sulfide) groups is 1. The number of nitrogens with zero attached hydrogens (tertiary/aromatic N) is 2. The molecular formula is C13H17FN3OS+. The molecule has 0 aliphatic carbocycles. The Morgan fingerprint density at radius 2 is 1.95 bits per heavy atom. The molecule has 1 aromatic carbocycles. The first-order valence-corrected chi connectivity index (χ1v) is 7.25. The lowest BCUT2D eigenvalue weighted by Gasteiger charge is -1.97. The van der Waals surface area contributed by atoms with E-state index in [1.807, 2.05) is 0 Å². The van der Waals surface area contributed by atoms with Gasteiger partial charge in [-0.2, -0.15) is 0 Å². The molecule has 0 unspecified atom stereocenters. The van der Waals surface area contributed by atoms with E-state index in [0.717, 1.165) is 31.4 Å². The lowest BCUT2D eigenvalue weighted by Crippen LogP contribution is -2.50. The summed E-state index contributed by atoms with van der Waals surface area (Å²) in [4.78, 5) is 0. The van der Waals surface area contributed by atoms with Crippen LogP contribution in [0.3, 0.4) is 0 Å². The molecule has 19 heavy (non-hydrogen) atoms. The van der Waals surface area contributed by atoms with Crippen molar-refractivity contribution in [2.24, 2.45) is 0 Å². The third-order valence-corrected chi connectivity index (χ3v) is 3.50. The SMILES string of the molecule is [NH3+]CCCCc1nnc(SCc2ccc(F)cc2)o1. The van der Waals surface area contributed by atoms with Gasteiger partial charge in [-0.05, 0) is 30.5 Å². The summed E-state index contributed by atoms with van der Waals surface area (Å²) in [5.41, 5.74) is 4.82. The van der Waals surface area contributed by atoms with Gasteiger partial charge in [0.1, 0.15) is 5.82 Å². The van der Waals surface area contributed by atoms with E-state index in [4.69, 9.17) is 4.42 Å². The second kappa shape index (κ2) is 7.25. The molecule has 0 aliphatic heterocycles. The fraction of sp³-hybridized carbons (Fsp3) is 0.385. The molecule has 6 heteroatoms. The molecule has 0 spiro atoms. The molecule has 0 saturated heterocycles. The number of hydrogen-bond donors (Lipinski definition) is 1. The Morgan fingerprint density at radius 3 is 2.68 bits per heavy atom. The molecule has 2 rings (SSSR count). The van der Waals surface area contributed by atoms with E-state index in [1.165, 1.54) is 23.9 Å². The van der Waals surface area contributed by atoms with E-state index in [1.54, 1.807) is 12.1 Å². The Bertz CT molecular complexity index is 501. The summed E-state index contributed by atoms with van der Waals surface area (Å²) in [5, 5.41) is 8.54. The third kappa shape index (κ3) is 4.65. The van der Waals surface area contributed by atoms with E-state index in [9.17, 15) is 4.39 Å². The van der Waals surface area contributed by atoms with Crippen LogP contribution in [0.1, 0.15) is 24.3 Å². The Morgan fingerprint density at radius 1 is 1.16 bits per heavy atom. The van der Waals surface area contributed by atoms with Gasteiger partial charge in [0.15, 0.2) is 0 Å². The van der Waals surface area contributed by atoms with Gasteiger partial charge in [0.05, 0.1) is 6.54 Å². The molecule has 2 aromatic rings. The average molecular weight is 282 g/mol. The van der Waals surface area contributed by atoms with Crippen molar-refractivity contribution in [2.75, 3.05) is 6.54 Å². The van der Waals surface area contributed by atoms with E-state index in [2.05, 4.69) is 15.9 Å². The molecule has 1 heterocycles. The highest BCUT2D eigenvalue weighted by Gasteiger charge is 2.07. The summed E-state index contributed by atoms with van der Waals surface area (Å²) in [6.45, 7) is 0.931. The molecule has 0 bridgehead atoms. The Labute approximate surface area is 115 Å². The normalized spacial score (nSPS) is 10.8. The summed E-state index contributed by atoms with van der Waals surface area (Å²) < 4.78 is 18.3. The van der Waals surface area contributed by atoms with Crippen LogP contribution in [-0.4, -0.2) is 16.7 Å². The minimum absolute atomic E-state index is 0.223. The van der Waals surface area contributed by atoms with Crippen LogP contribution >= 0.6 is 11.8 Å². The first-order chi connectivity index (χ1) is 9.28. The molecule has 1 aromatic heterocycles. The van der Waals surface area contributed by atoms with Gasteiger partial charge in [0.2, 0.25) is 5.89 Å². The van der Waals surface area contributed by atoms with Crippen LogP contribution in [0, 0.1) is 5.82 Å². The van der Waals surface area contributed by atoms with Crippen molar-refractivity contribution in [1.82, 2.24) is 10.2 Å². The van der Waals surface area contributed by atoms with Crippen LogP contribution in [-0.2, 0) is 12.2 Å². The van der Waals surface area contributed by atoms with Crippen molar-refractivity contribution in [3.05, 3.63) is 41.5 Å². The minimum Gasteiger partial charge on any atom is -0.416 e. The number of halogens is 1. The Kier molecular flexibility index (Phi) is 5.35. The highest BCUT2D eigenvalue weighted by atomic mass is 32.2. The van der Waals surface area contributed by atoms with Crippen LogP contribution in [0.25, 0.3) is 0 Å². The van der Waals surface area contributed by atoms with Gasteiger partial charge in [0.25, 0.3) is 5.22 Å². The second-order valence-corrected chi connectivity index (χ2v) is 5.11. The molecule has 0 radical (unpaired) electrons. The maximum atomic E-state index is 12.7. The average Bonchev–Trinajstić information content (AvgIpc) is 2.86. The Balaban J connectivity index is 1.81. The smallest absolute Gasteiger partial charge is 0.276 e. The number of aryl methyl sites for hydroxylation is 1. The van der Waals surface area contributed by atoms with Crippen LogP contribution in [0.2, 0.25) is 0 Å². The molecule has 3 N–H and O–H groups in total. The van der Waals surface area contributed by atoms with Crippen molar-refractivity contribution < 1.29 is 14.5 Å². The van der Waals surface area contributed by atoms with Gasteiger partial charge in [-0.3, -0.25) is 0 Å². The number of unbranched alkanes of at least 4 members (excludes halogenated alkanes) is 1. The molecule has 0 saturated carbocycles. The summed E-state index contributed by atoms with van der Waals surface area (Å²) in [6, 6.07) is 6.42. The first-order valence-electron chi connectivity index (χ1n) is 6.27. The number of aromatic nitrogens is 2. The molecule has 0 amide bonds. The fourth-order valence-corrected chi connectivity index (χ4v) is 2.31. The fourth-order valence-electron chi connectivity index (χ4n) is 1.58. The zero-order valence-corrected chi connectivity index (χ0v) is 11.5. The van der Waals surface area contributed by atoms with Crippen molar-refractivity contribution in [2.45, 2.75) is 30.2 Å². The maximum Gasteiger partial charge on any atom is 0.276 e. The zero-order valence-electron chi connectivity index (χ0n) is 10.6. The van der Waals surface area contributed by atoms with Gasteiger partial charge in [0, 0.05) is 12.2 Å². The third-order valence-electron chi connectivity index (χ3n) is 2.61. The number of hydrogen-bond acceptors (Lipinski definition) is 4. The molecule has 0 fully saturated rings. The van der Waals surface area contributed by atoms with Crippen molar-refractivity contribution in [1.29, 1.82) is 0 Å². The van der Waals surface area contributed by atoms with E-state index < -0.39 is 0 Å². The van der Waals surface area contributed by atoms with Crippen molar-refractivity contribution in [3.63, 3.8) is 0 Å². The summed E-state index contributed by atoms with van der Waals surface area (Å²) in [5.74, 6) is 1.15. The topological polar surface area (TPSA) is 66.6 Å². The van der Waals surface area contributed by atoms with E-state index in [-0.39, 0.29) is 5.82 Å². The molecule has 0 atom stereocenters. The standard InChI is InChI=1S/C13H16FN3OS/c14-11-6-4-10(5-7-11)9-19-13-17-16-12(18-13)3-1-2-8-15/h4-7H,1-3,8-9,15H2/p+1. The minimum atomic E-state index is -0.223. The van der Waals surface area contributed by atoms with Crippen LogP contribution in [0.5, 0.6) is 0 Å². The van der Waals surface area contributed by atoms with E-state index in [0.29, 0.717) is 16.9 Å². The summed E-state index contributed by atoms with van der Waals surface area (Å²) in [6.07, 6.45) is 2.90. The van der Waals surface area contributed by atoms with E-state index >= 15 is 0 Å². The van der Waals surface area contributed by atoms with Gasteiger partial charge in [-0.1, -0.05) is 23.9 Å². The highest BCUT2D eigenvalue weighted by Crippen LogP contribution is 2.21. The predicted octanol–water partition coefficient (Wildman–Crippen LogP) is 2.07. The van der Waals surface area contributed by atoms with Gasteiger partial charge in [-0.15, -0.1) is 10.2 Å². The quantitative estimate of drug-likeness (QED) is 0.623. The first kappa shape index (κ1) is 14.0. The van der Waals surface area contributed by atoms with Gasteiger partial charge >= 0.3 is 0 Å². The van der Waals surface area contributed by atoms with Crippen molar-refractivity contribution >= 4 is 11.8 Å². The van der Waals surface area contributed by atoms with Crippen molar-refractivity contribution in [3.8, 4) is 0 Å². The molecular weight excluding hydrogens is 265 g/mol. The van der Waals surface area contributed by atoms with Crippen LogP contribution in [0.4, 0.5) is 4.39 Å². The number of benzene rings is 1. The van der Waals surface area contributed by atoms with Gasteiger partial charge < -0.3 is 10.2 Å². The lowest BCUT2D eigenvalue weighted by molar-refractivity contribution is -0.368. The lowest BCUT2D eigenvalue weighted by atomic mass is 10.2. The largest absolute Gasteiger partial charge is 0.416 e. The Hall–Kier alpha value is -1.40. The maximum absolute atomic E-state index is 12.7. The molecule has 102 valence electrons. The number of rotatable bonds is 7. The number of quaternary nitrogens is 1. The molecule has 4 nitrogen and oxygen atoms in total. The second-order valence-electron chi connectivity index (χ2n) is 4.19. The van der Waals surface area contributed by atoms with Gasteiger partial charge in [-0.25, -0.2) is 4.39 Å². The predicted molar refractivity (Wildman–Crippen MR) is 71.0 cm³/mol. The summed E-state index contributed by atoms with van der Waals surface area (Å²) in [7, 11) is 0. The highest BCUT2D eigenvalue weighted by molar-refractivity contribution is 7.98. The monoisotopic (exact) mass is 282 g/mol. The summed E-state index contributed by atoms with van der Waals surface area (Å²) >= 11 is 1.46.